The van der Waals surface area contributed by atoms with Gasteiger partial charge >= 0.3 is 0 Å². The second kappa shape index (κ2) is 6.06. The summed E-state index contributed by atoms with van der Waals surface area (Å²) in [7, 11) is 1.64. The van der Waals surface area contributed by atoms with E-state index in [1.807, 2.05) is 0 Å². The lowest BCUT2D eigenvalue weighted by molar-refractivity contribution is 0.555. The second-order valence-corrected chi connectivity index (χ2v) is 6.93. The number of halogens is 5. The van der Waals surface area contributed by atoms with Gasteiger partial charge in [-0.15, -0.1) is 11.3 Å². The molecular formula is C12H8BrCl2F2NS. The molecule has 0 spiro atoms. The molecule has 1 nitrogen and oxygen atoms in total. The van der Waals surface area contributed by atoms with Crippen LogP contribution in [-0.2, 0) is 0 Å². The van der Waals surface area contributed by atoms with Gasteiger partial charge in [-0.05, 0) is 41.2 Å². The fourth-order valence-corrected chi connectivity index (χ4v) is 3.64. The molecule has 1 heterocycles. The summed E-state index contributed by atoms with van der Waals surface area (Å²) in [6.07, 6.45) is 0. The highest BCUT2D eigenvalue weighted by Crippen LogP contribution is 2.38. The Kier molecular flexibility index (Phi) is 4.84. The molecule has 0 saturated heterocycles. The standard InChI is InChI=1S/C12H8BrCl2F2NS/c1-18-11(6-3-10(14)19-12(6)15)5-2-9(17)7(13)4-8(5)16/h2-4,11,18H,1H3. The highest BCUT2D eigenvalue weighted by molar-refractivity contribution is 9.10. The molecule has 0 fully saturated rings. The average molecular weight is 387 g/mol. The minimum absolute atomic E-state index is 0.0815. The van der Waals surface area contributed by atoms with Crippen LogP contribution in [0.15, 0.2) is 22.7 Å². The number of hydrogen-bond donors (Lipinski definition) is 1. The lowest BCUT2D eigenvalue weighted by Gasteiger charge is -2.17. The van der Waals surface area contributed by atoms with E-state index < -0.39 is 17.7 Å². The Morgan fingerprint density at radius 3 is 2.37 bits per heavy atom. The van der Waals surface area contributed by atoms with Crippen molar-refractivity contribution in [2.75, 3.05) is 7.05 Å². The molecule has 102 valence electrons. The molecule has 0 saturated carbocycles. The quantitative estimate of drug-likeness (QED) is 0.696. The molecule has 19 heavy (non-hydrogen) atoms. The zero-order valence-corrected chi connectivity index (χ0v) is 13.5. The minimum Gasteiger partial charge on any atom is -0.309 e. The summed E-state index contributed by atoms with van der Waals surface area (Å²) >= 11 is 16.1. The topological polar surface area (TPSA) is 12.0 Å². The van der Waals surface area contributed by atoms with Gasteiger partial charge in [0, 0.05) is 11.1 Å². The number of nitrogens with one attached hydrogen (secondary N) is 1. The van der Waals surface area contributed by atoms with Crippen molar-refractivity contribution in [1.82, 2.24) is 5.32 Å². The second-order valence-electron chi connectivity index (χ2n) is 3.79. The Balaban J connectivity index is 2.54. The van der Waals surface area contributed by atoms with Crippen LogP contribution in [0.1, 0.15) is 17.2 Å². The van der Waals surface area contributed by atoms with Crippen molar-refractivity contribution in [2.24, 2.45) is 0 Å². The third kappa shape index (κ3) is 3.11. The van der Waals surface area contributed by atoms with Crippen LogP contribution < -0.4 is 5.32 Å². The van der Waals surface area contributed by atoms with E-state index >= 15 is 0 Å². The highest BCUT2D eigenvalue weighted by Gasteiger charge is 2.22. The summed E-state index contributed by atoms with van der Waals surface area (Å²) in [6.45, 7) is 0. The Morgan fingerprint density at radius 2 is 1.84 bits per heavy atom. The Labute approximate surface area is 131 Å². The van der Waals surface area contributed by atoms with Crippen LogP contribution in [0.25, 0.3) is 0 Å². The SMILES string of the molecule is CNC(c1cc(F)c(Br)cc1F)c1cc(Cl)sc1Cl. The fraction of sp³-hybridized carbons (Fsp3) is 0.167. The Hall–Kier alpha value is -0.200. The molecule has 0 aliphatic rings. The third-order valence-electron chi connectivity index (χ3n) is 2.63. The molecule has 7 heteroatoms. The number of benzene rings is 1. The lowest BCUT2D eigenvalue weighted by atomic mass is 10.0. The highest BCUT2D eigenvalue weighted by atomic mass is 79.9. The van der Waals surface area contributed by atoms with Gasteiger partial charge in [-0.3, -0.25) is 0 Å². The summed E-state index contributed by atoms with van der Waals surface area (Å²) in [5.41, 5.74) is 0.805. The van der Waals surface area contributed by atoms with E-state index in [1.165, 1.54) is 11.3 Å². The van der Waals surface area contributed by atoms with Crippen molar-refractivity contribution in [3.8, 4) is 0 Å². The molecule has 0 radical (unpaired) electrons. The molecule has 0 aliphatic heterocycles. The van der Waals surface area contributed by atoms with Crippen molar-refractivity contribution >= 4 is 50.5 Å². The first-order valence-electron chi connectivity index (χ1n) is 5.20. The van der Waals surface area contributed by atoms with Crippen LogP contribution in [0.4, 0.5) is 8.78 Å². The van der Waals surface area contributed by atoms with E-state index in [0.717, 1.165) is 12.1 Å². The first-order chi connectivity index (χ1) is 8.93. The van der Waals surface area contributed by atoms with Crippen LogP contribution in [0.2, 0.25) is 8.67 Å². The van der Waals surface area contributed by atoms with E-state index in [0.29, 0.717) is 14.2 Å². The Bertz CT molecular complexity index is 618. The van der Waals surface area contributed by atoms with Gasteiger partial charge in [0.1, 0.15) is 11.6 Å². The van der Waals surface area contributed by atoms with Gasteiger partial charge < -0.3 is 5.32 Å². The molecule has 1 aromatic carbocycles. The minimum atomic E-state index is -0.557. The maximum Gasteiger partial charge on any atom is 0.137 e. The smallest absolute Gasteiger partial charge is 0.137 e. The third-order valence-corrected chi connectivity index (χ3v) is 4.76. The predicted molar refractivity (Wildman–Crippen MR) is 79.3 cm³/mol. The molecule has 1 aromatic heterocycles. The van der Waals surface area contributed by atoms with Gasteiger partial charge in [0.2, 0.25) is 0 Å². The summed E-state index contributed by atoms with van der Waals surface area (Å²) in [6, 6.07) is 3.33. The monoisotopic (exact) mass is 385 g/mol. The zero-order chi connectivity index (χ0) is 14.2. The number of hydrogen-bond acceptors (Lipinski definition) is 2. The lowest BCUT2D eigenvalue weighted by Crippen LogP contribution is -2.19. The first kappa shape index (κ1) is 15.2. The van der Waals surface area contributed by atoms with Gasteiger partial charge in [0.25, 0.3) is 0 Å². The van der Waals surface area contributed by atoms with Gasteiger partial charge in [0.15, 0.2) is 0 Å². The molecule has 0 aliphatic carbocycles. The van der Waals surface area contributed by atoms with Crippen molar-refractivity contribution in [3.05, 3.63) is 54.1 Å². The van der Waals surface area contributed by atoms with Gasteiger partial charge in [-0.2, -0.15) is 0 Å². The summed E-state index contributed by atoms with van der Waals surface area (Å²) in [4.78, 5) is 0. The largest absolute Gasteiger partial charge is 0.309 e. The average Bonchev–Trinajstić information content (AvgIpc) is 2.66. The first-order valence-corrected chi connectivity index (χ1v) is 7.57. The van der Waals surface area contributed by atoms with Gasteiger partial charge in [-0.1, -0.05) is 23.2 Å². The summed E-state index contributed by atoms with van der Waals surface area (Å²) in [5.74, 6) is -1.06. The molecular weight excluding hydrogens is 379 g/mol. The van der Waals surface area contributed by atoms with Crippen molar-refractivity contribution in [2.45, 2.75) is 6.04 Å². The van der Waals surface area contributed by atoms with Crippen LogP contribution in [0.5, 0.6) is 0 Å². The van der Waals surface area contributed by atoms with Crippen LogP contribution in [0, 0.1) is 11.6 Å². The van der Waals surface area contributed by atoms with E-state index in [-0.39, 0.29) is 10.0 Å². The maximum atomic E-state index is 14.0. The maximum absolute atomic E-state index is 14.0. The molecule has 1 atom stereocenters. The van der Waals surface area contributed by atoms with Crippen molar-refractivity contribution < 1.29 is 8.78 Å². The normalized spacial score (nSPS) is 12.7. The van der Waals surface area contributed by atoms with Crippen molar-refractivity contribution in [1.29, 1.82) is 0 Å². The molecule has 0 bridgehead atoms. The molecule has 2 rings (SSSR count). The zero-order valence-electron chi connectivity index (χ0n) is 9.61. The van der Waals surface area contributed by atoms with Gasteiger partial charge in [-0.25, -0.2) is 8.78 Å². The number of rotatable bonds is 3. The molecule has 0 amide bonds. The van der Waals surface area contributed by atoms with Gasteiger partial charge in [0.05, 0.1) is 19.2 Å². The van der Waals surface area contributed by atoms with E-state index in [4.69, 9.17) is 23.2 Å². The fourth-order valence-electron chi connectivity index (χ4n) is 1.79. The van der Waals surface area contributed by atoms with E-state index in [9.17, 15) is 8.78 Å². The van der Waals surface area contributed by atoms with Crippen LogP contribution in [0.3, 0.4) is 0 Å². The summed E-state index contributed by atoms with van der Waals surface area (Å²) in [5, 5.41) is 2.92. The molecule has 2 aromatic rings. The van der Waals surface area contributed by atoms with Crippen LogP contribution >= 0.6 is 50.5 Å². The van der Waals surface area contributed by atoms with Crippen LogP contribution in [-0.4, -0.2) is 7.05 Å². The molecule has 1 N–H and O–H groups in total. The molecule has 1 unspecified atom stereocenters. The van der Waals surface area contributed by atoms with Crippen molar-refractivity contribution in [3.63, 3.8) is 0 Å². The van der Waals surface area contributed by atoms with E-state index in [2.05, 4.69) is 21.2 Å². The predicted octanol–water partition coefficient (Wildman–Crippen LogP) is 5.40. The number of thiophene rings is 1. The summed E-state index contributed by atoms with van der Waals surface area (Å²) < 4.78 is 28.6. The Morgan fingerprint density at radius 1 is 1.16 bits per heavy atom. The van der Waals surface area contributed by atoms with E-state index in [1.54, 1.807) is 13.1 Å².